The summed E-state index contributed by atoms with van der Waals surface area (Å²) in [5, 5.41) is 13.3. The molecule has 106 valence electrons. The highest BCUT2D eigenvalue weighted by molar-refractivity contribution is 9.10. The van der Waals surface area contributed by atoms with Gasteiger partial charge in [0.15, 0.2) is 0 Å². The molecule has 1 aliphatic carbocycles. The molecule has 2 N–H and O–H groups in total. The smallest absolute Gasteiger partial charge is 0.133 e. The third kappa shape index (κ3) is 4.20. The molecule has 0 aliphatic heterocycles. The zero-order valence-electron chi connectivity index (χ0n) is 11.6. The van der Waals surface area contributed by atoms with E-state index in [-0.39, 0.29) is 5.54 Å². The first-order valence-electron chi connectivity index (χ1n) is 6.81. The molecule has 1 fully saturated rings. The van der Waals surface area contributed by atoms with Gasteiger partial charge in [-0.15, -0.1) is 0 Å². The molecule has 0 spiro atoms. The Bertz CT molecular complexity index is 432. The molecule has 1 aliphatic rings. The van der Waals surface area contributed by atoms with Crippen molar-refractivity contribution in [1.29, 1.82) is 0 Å². The number of halogens is 1. The third-order valence-electron chi connectivity index (χ3n) is 3.74. The number of benzene rings is 1. The summed E-state index contributed by atoms with van der Waals surface area (Å²) < 4.78 is 6.56. The van der Waals surface area contributed by atoms with E-state index in [1.54, 1.807) is 0 Å². The van der Waals surface area contributed by atoms with E-state index in [0.29, 0.717) is 13.2 Å². The van der Waals surface area contributed by atoms with Crippen molar-refractivity contribution in [3.63, 3.8) is 0 Å². The monoisotopic (exact) mass is 327 g/mol. The molecule has 3 nitrogen and oxygen atoms in total. The molecule has 0 radical (unpaired) electrons. The van der Waals surface area contributed by atoms with Crippen LogP contribution in [0.1, 0.15) is 31.7 Å². The lowest BCUT2D eigenvalue weighted by atomic mass is 9.78. The van der Waals surface area contributed by atoms with Crippen LogP contribution in [0.2, 0.25) is 0 Å². The number of rotatable bonds is 6. The Morgan fingerprint density at radius 1 is 1.47 bits per heavy atom. The maximum absolute atomic E-state index is 9.94. The fraction of sp³-hybridized carbons (Fsp3) is 0.600. The summed E-state index contributed by atoms with van der Waals surface area (Å²) in [6, 6.07) is 5.93. The predicted octanol–water partition coefficient (Wildman–Crippen LogP) is 3.03. The SMILES string of the molecule is Cc1ccc(OCC(O)CNC2(C)CCC2)c(Br)c1. The fourth-order valence-electron chi connectivity index (χ4n) is 2.22. The van der Waals surface area contributed by atoms with Crippen LogP contribution in [0.5, 0.6) is 5.75 Å². The largest absolute Gasteiger partial charge is 0.490 e. The molecule has 0 amide bonds. The molecule has 1 atom stereocenters. The topological polar surface area (TPSA) is 41.5 Å². The molecule has 19 heavy (non-hydrogen) atoms. The number of ether oxygens (including phenoxy) is 1. The van der Waals surface area contributed by atoms with Gasteiger partial charge < -0.3 is 15.2 Å². The summed E-state index contributed by atoms with van der Waals surface area (Å²) >= 11 is 3.47. The van der Waals surface area contributed by atoms with Gasteiger partial charge in [-0.1, -0.05) is 6.07 Å². The summed E-state index contributed by atoms with van der Waals surface area (Å²) in [4.78, 5) is 0. The quantitative estimate of drug-likeness (QED) is 0.843. The van der Waals surface area contributed by atoms with Gasteiger partial charge in [-0.05, 0) is 66.7 Å². The Hall–Kier alpha value is -0.580. The van der Waals surface area contributed by atoms with Crippen molar-refractivity contribution >= 4 is 15.9 Å². The van der Waals surface area contributed by atoms with E-state index in [1.807, 2.05) is 25.1 Å². The van der Waals surface area contributed by atoms with E-state index in [1.165, 1.54) is 24.8 Å². The number of hydrogen-bond acceptors (Lipinski definition) is 3. The van der Waals surface area contributed by atoms with Crippen molar-refractivity contribution in [2.75, 3.05) is 13.2 Å². The van der Waals surface area contributed by atoms with Crippen LogP contribution in [0.3, 0.4) is 0 Å². The minimum Gasteiger partial charge on any atom is -0.490 e. The third-order valence-corrected chi connectivity index (χ3v) is 4.36. The Morgan fingerprint density at radius 2 is 2.21 bits per heavy atom. The number of β-amino-alcohol motifs (C(OH)–C–C–N with tert-alkyl or cyclic N) is 1. The number of aryl methyl sites for hydroxylation is 1. The molecular weight excluding hydrogens is 306 g/mol. The highest BCUT2D eigenvalue weighted by Crippen LogP contribution is 2.30. The lowest BCUT2D eigenvalue weighted by Crippen LogP contribution is -2.51. The molecule has 1 aromatic carbocycles. The van der Waals surface area contributed by atoms with Gasteiger partial charge in [-0.25, -0.2) is 0 Å². The van der Waals surface area contributed by atoms with E-state index in [4.69, 9.17) is 4.74 Å². The average molecular weight is 328 g/mol. The molecular formula is C15H22BrNO2. The molecule has 0 saturated heterocycles. The lowest BCUT2D eigenvalue weighted by Gasteiger charge is -2.40. The van der Waals surface area contributed by atoms with Gasteiger partial charge in [-0.2, -0.15) is 0 Å². The first kappa shape index (κ1) is 14.8. The first-order chi connectivity index (χ1) is 8.98. The van der Waals surface area contributed by atoms with E-state index in [9.17, 15) is 5.11 Å². The van der Waals surface area contributed by atoms with Crippen molar-refractivity contribution in [3.05, 3.63) is 28.2 Å². The van der Waals surface area contributed by atoms with Crippen molar-refractivity contribution in [2.24, 2.45) is 0 Å². The van der Waals surface area contributed by atoms with Crippen LogP contribution in [-0.4, -0.2) is 29.9 Å². The van der Waals surface area contributed by atoms with E-state index in [0.717, 1.165) is 10.2 Å². The Labute approximate surface area is 123 Å². The average Bonchev–Trinajstić information content (AvgIpc) is 2.33. The molecule has 1 unspecified atom stereocenters. The highest BCUT2D eigenvalue weighted by Gasteiger charge is 2.31. The summed E-state index contributed by atoms with van der Waals surface area (Å²) in [5.74, 6) is 0.777. The predicted molar refractivity (Wildman–Crippen MR) is 80.6 cm³/mol. The van der Waals surface area contributed by atoms with E-state index in [2.05, 4.69) is 28.2 Å². The number of nitrogens with one attached hydrogen (secondary N) is 1. The molecule has 0 bridgehead atoms. The van der Waals surface area contributed by atoms with Crippen LogP contribution in [0.15, 0.2) is 22.7 Å². The molecule has 0 heterocycles. The molecule has 1 aromatic rings. The van der Waals surface area contributed by atoms with E-state index < -0.39 is 6.10 Å². The van der Waals surface area contributed by atoms with Crippen LogP contribution >= 0.6 is 15.9 Å². The zero-order chi connectivity index (χ0) is 13.9. The van der Waals surface area contributed by atoms with Crippen molar-refractivity contribution in [3.8, 4) is 5.75 Å². The van der Waals surface area contributed by atoms with Crippen molar-refractivity contribution in [2.45, 2.75) is 44.8 Å². The van der Waals surface area contributed by atoms with Gasteiger partial charge in [-0.3, -0.25) is 0 Å². The van der Waals surface area contributed by atoms with Gasteiger partial charge >= 0.3 is 0 Å². The maximum Gasteiger partial charge on any atom is 0.133 e. The van der Waals surface area contributed by atoms with E-state index >= 15 is 0 Å². The van der Waals surface area contributed by atoms with Gasteiger partial charge in [0.25, 0.3) is 0 Å². The lowest BCUT2D eigenvalue weighted by molar-refractivity contribution is 0.0865. The first-order valence-corrected chi connectivity index (χ1v) is 7.60. The molecule has 0 aromatic heterocycles. The Morgan fingerprint density at radius 3 is 2.79 bits per heavy atom. The normalized spacial score (nSPS) is 18.7. The van der Waals surface area contributed by atoms with Crippen LogP contribution < -0.4 is 10.1 Å². The molecule has 2 rings (SSSR count). The minimum absolute atomic E-state index is 0.228. The second kappa shape index (κ2) is 6.25. The van der Waals surface area contributed by atoms with Crippen molar-refractivity contribution < 1.29 is 9.84 Å². The van der Waals surface area contributed by atoms with Gasteiger partial charge in [0.2, 0.25) is 0 Å². The summed E-state index contributed by atoms with van der Waals surface area (Å²) in [6.45, 7) is 5.14. The summed E-state index contributed by atoms with van der Waals surface area (Å²) in [5.41, 5.74) is 1.41. The Balaban J connectivity index is 1.75. The second-order valence-corrected chi connectivity index (χ2v) is 6.55. The number of aliphatic hydroxyl groups is 1. The van der Waals surface area contributed by atoms with Gasteiger partial charge in [0.05, 0.1) is 4.47 Å². The van der Waals surface area contributed by atoms with Gasteiger partial charge in [0, 0.05) is 12.1 Å². The van der Waals surface area contributed by atoms with Crippen molar-refractivity contribution in [1.82, 2.24) is 5.32 Å². The van der Waals surface area contributed by atoms with Crippen LogP contribution in [-0.2, 0) is 0 Å². The van der Waals surface area contributed by atoms with Crippen LogP contribution in [0.4, 0.5) is 0 Å². The number of hydrogen-bond donors (Lipinski definition) is 2. The minimum atomic E-state index is -0.481. The molecule has 4 heteroatoms. The number of aliphatic hydroxyl groups excluding tert-OH is 1. The zero-order valence-corrected chi connectivity index (χ0v) is 13.2. The second-order valence-electron chi connectivity index (χ2n) is 5.69. The van der Waals surface area contributed by atoms with Gasteiger partial charge in [0.1, 0.15) is 18.5 Å². The highest BCUT2D eigenvalue weighted by atomic mass is 79.9. The standard InChI is InChI=1S/C15H22BrNO2/c1-11-4-5-14(13(16)8-11)19-10-12(18)9-17-15(2)6-3-7-15/h4-5,8,12,17-18H,3,6-7,9-10H2,1-2H3. The summed E-state index contributed by atoms with van der Waals surface area (Å²) in [7, 11) is 0. The Kier molecular flexibility index (Phi) is 4.87. The summed E-state index contributed by atoms with van der Waals surface area (Å²) in [6.07, 6.45) is 3.20. The molecule has 1 saturated carbocycles. The van der Waals surface area contributed by atoms with Crippen LogP contribution in [0.25, 0.3) is 0 Å². The van der Waals surface area contributed by atoms with Crippen LogP contribution in [0, 0.1) is 6.92 Å². The maximum atomic E-state index is 9.94. The fourth-order valence-corrected chi connectivity index (χ4v) is 2.82.